The second kappa shape index (κ2) is 17.0. The summed E-state index contributed by atoms with van der Waals surface area (Å²) in [5, 5.41) is 0. The summed E-state index contributed by atoms with van der Waals surface area (Å²) in [7, 11) is 0.750. The maximum atomic E-state index is 3.30. The van der Waals surface area contributed by atoms with Gasteiger partial charge in [-0.05, 0) is 5.41 Å². The normalized spacial score (nSPS) is 14.0. The van der Waals surface area contributed by atoms with Crippen molar-refractivity contribution in [2.75, 3.05) is 0 Å². The molecule has 0 spiro atoms. The van der Waals surface area contributed by atoms with Crippen molar-refractivity contribution in [2.24, 2.45) is 5.41 Å². The van der Waals surface area contributed by atoms with Gasteiger partial charge in [-0.3, -0.25) is 12.2 Å². The van der Waals surface area contributed by atoms with Crippen molar-refractivity contribution in [3.63, 3.8) is 0 Å². The maximum absolute atomic E-state index is 3.30. The van der Waals surface area contributed by atoms with E-state index in [1.165, 1.54) is 11.1 Å². The molecule has 119 valence electrons. The standard InChI is InChI=1S/C9H13.C6H7.C2H7Si.2ClH.Zr/c1-9(2,3)8-6-4-5-7-8;1-6-4-2-3-5-6;1-3-2;;;/h4,6H,5H2,1-3H3;2,4H,3H2,1H3;3H,1-2H3;2*1H;/q2*-1;;;;+2. The summed E-state index contributed by atoms with van der Waals surface area (Å²) in [5.41, 5.74) is 2.92. The predicted octanol–water partition coefficient (Wildman–Crippen LogP) is 5.78. The second-order valence-corrected chi connectivity index (χ2v) is 6.65. The quantitative estimate of drug-likeness (QED) is 0.342. The molecule has 0 atom stereocenters. The minimum atomic E-state index is 0. The molecule has 21 heavy (non-hydrogen) atoms. The Hall–Kier alpha value is 0.640. The van der Waals surface area contributed by atoms with E-state index < -0.39 is 0 Å². The number of hydrogen-bond acceptors (Lipinski definition) is 0. The fourth-order valence-corrected chi connectivity index (χ4v) is 1.43. The van der Waals surface area contributed by atoms with Gasteiger partial charge < -0.3 is 0 Å². The van der Waals surface area contributed by atoms with Crippen LogP contribution in [0.15, 0.2) is 35.5 Å². The summed E-state index contributed by atoms with van der Waals surface area (Å²) >= 11 is 0. The van der Waals surface area contributed by atoms with Gasteiger partial charge in [0, 0.05) is 9.52 Å². The molecule has 0 aromatic carbocycles. The van der Waals surface area contributed by atoms with Crippen LogP contribution in [0.3, 0.4) is 0 Å². The van der Waals surface area contributed by atoms with Crippen LogP contribution in [0.4, 0.5) is 0 Å². The third-order valence-electron chi connectivity index (χ3n) is 2.37. The largest absolute Gasteiger partial charge is 2.00 e. The summed E-state index contributed by atoms with van der Waals surface area (Å²) in [6.45, 7) is 13.1. The monoisotopic (exact) mass is 421 g/mol. The molecule has 0 aliphatic heterocycles. The SMILES string of the molecule is CC(C)(C)C1=[C-]CC=C1.CC1=[C-]CC=C1.C[SiH]C.Cl.Cl.[Zr+2]. The van der Waals surface area contributed by atoms with Crippen molar-refractivity contribution in [1.29, 1.82) is 0 Å². The molecule has 0 bridgehead atoms. The fourth-order valence-electron chi connectivity index (χ4n) is 1.43. The molecule has 0 nitrogen and oxygen atoms in total. The fraction of sp³-hybridized carbons (Fsp3) is 0.529. The first kappa shape index (κ1) is 29.6. The Balaban J connectivity index is -0.000000107. The van der Waals surface area contributed by atoms with E-state index in [9.17, 15) is 0 Å². The summed E-state index contributed by atoms with van der Waals surface area (Å²) in [6, 6.07) is 0. The molecule has 0 amide bonds. The van der Waals surface area contributed by atoms with Gasteiger partial charge in [0.05, 0.1) is 0 Å². The van der Waals surface area contributed by atoms with Gasteiger partial charge in [-0.15, -0.1) is 37.7 Å². The minimum Gasteiger partial charge on any atom is -0.270 e. The molecule has 0 fully saturated rings. The number of allylic oxidation sites excluding steroid dienone is 8. The molecule has 4 heteroatoms. The second-order valence-electron chi connectivity index (χ2n) is 5.49. The first-order chi connectivity index (χ1) is 8.41. The topological polar surface area (TPSA) is 0 Å². The molecule has 2 aliphatic carbocycles. The first-order valence-electron chi connectivity index (χ1n) is 6.67. The van der Waals surface area contributed by atoms with Crippen LogP contribution < -0.4 is 0 Å². The number of halogens is 2. The third-order valence-corrected chi connectivity index (χ3v) is 2.37. The van der Waals surface area contributed by atoms with Crippen LogP contribution in [-0.2, 0) is 26.2 Å². The summed E-state index contributed by atoms with van der Waals surface area (Å²) in [5.74, 6) is 0. The Kier molecular flexibility index (Phi) is 24.0. The van der Waals surface area contributed by atoms with E-state index in [0.29, 0.717) is 5.41 Å². The summed E-state index contributed by atoms with van der Waals surface area (Å²) < 4.78 is 0. The van der Waals surface area contributed by atoms with E-state index in [0.717, 1.165) is 22.4 Å². The van der Waals surface area contributed by atoms with Crippen LogP contribution in [0.1, 0.15) is 40.5 Å². The average Bonchev–Trinajstić information content (AvgIpc) is 2.89. The van der Waals surface area contributed by atoms with E-state index >= 15 is 0 Å². The molecular weight excluding hydrogens is 394 g/mol. The Morgan fingerprint density at radius 1 is 0.952 bits per heavy atom. The molecule has 0 N–H and O–H groups in total. The number of hydrogen-bond donors (Lipinski definition) is 0. The van der Waals surface area contributed by atoms with Gasteiger partial charge in [-0.25, -0.2) is 23.3 Å². The van der Waals surface area contributed by atoms with E-state index in [2.05, 4.69) is 77.2 Å². The van der Waals surface area contributed by atoms with E-state index in [1.807, 2.05) is 0 Å². The van der Waals surface area contributed by atoms with Gasteiger partial charge in [-0.1, -0.05) is 40.8 Å². The molecule has 0 heterocycles. The van der Waals surface area contributed by atoms with Crippen molar-refractivity contribution in [3.8, 4) is 0 Å². The molecule has 0 aromatic rings. The minimum absolute atomic E-state index is 0. The average molecular weight is 424 g/mol. The predicted molar refractivity (Wildman–Crippen MR) is 99.5 cm³/mol. The maximum Gasteiger partial charge on any atom is 2.00 e. The smallest absolute Gasteiger partial charge is 0.270 e. The van der Waals surface area contributed by atoms with Crippen molar-refractivity contribution in [1.82, 2.24) is 0 Å². The summed E-state index contributed by atoms with van der Waals surface area (Å²) in [6.07, 6.45) is 17.0. The Morgan fingerprint density at radius 2 is 1.38 bits per heavy atom. The van der Waals surface area contributed by atoms with E-state index in [1.54, 1.807) is 0 Å². The molecule has 0 aromatic heterocycles. The molecule has 0 saturated heterocycles. The Bertz CT molecular complexity index is 348. The van der Waals surface area contributed by atoms with Gasteiger partial charge in [0.15, 0.2) is 0 Å². The zero-order chi connectivity index (χ0) is 14.0. The van der Waals surface area contributed by atoms with E-state index in [-0.39, 0.29) is 51.0 Å². The molecule has 0 unspecified atom stereocenters. The number of rotatable bonds is 0. The van der Waals surface area contributed by atoms with Crippen LogP contribution in [0.2, 0.25) is 13.1 Å². The zero-order valence-electron chi connectivity index (χ0n) is 14.1. The van der Waals surface area contributed by atoms with Gasteiger partial charge in [0.1, 0.15) is 0 Å². The van der Waals surface area contributed by atoms with Gasteiger partial charge in [0.2, 0.25) is 0 Å². The van der Waals surface area contributed by atoms with Crippen LogP contribution in [-0.4, -0.2) is 9.52 Å². The third kappa shape index (κ3) is 16.8. The molecular formula is C17H29Cl2SiZr. The van der Waals surface area contributed by atoms with Crippen molar-refractivity contribution in [3.05, 3.63) is 47.6 Å². The van der Waals surface area contributed by atoms with Gasteiger partial charge in [-0.2, -0.15) is 12.2 Å². The summed E-state index contributed by atoms with van der Waals surface area (Å²) in [4.78, 5) is 0. The Labute approximate surface area is 166 Å². The first-order valence-corrected chi connectivity index (χ1v) is 8.98. The molecule has 0 saturated carbocycles. The van der Waals surface area contributed by atoms with Crippen LogP contribution in [0.25, 0.3) is 0 Å². The zero-order valence-corrected chi connectivity index (χ0v) is 19.4. The van der Waals surface area contributed by atoms with Gasteiger partial charge >= 0.3 is 26.2 Å². The van der Waals surface area contributed by atoms with Crippen LogP contribution in [0.5, 0.6) is 0 Å². The Morgan fingerprint density at radius 3 is 1.52 bits per heavy atom. The van der Waals surface area contributed by atoms with Gasteiger partial charge in [0.25, 0.3) is 0 Å². The van der Waals surface area contributed by atoms with Crippen molar-refractivity contribution >= 4 is 34.3 Å². The van der Waals surface area contributed by atoms with Crippen molar-refractivity contribution < 1.29 is 26.2 Å². The molecule has 1 radical (unpaired) electrons. The van der Waals surface area contributed by atoms with Crippen LogP contribution >= 0.6 is 24.8 Å². The van der Waals surface area contributed by atoms with Crippen LogP contribution in [0, 0.1) is 17.6 Å². The van der Waals surface area contributed by atoms with Crippen molar-refractivity contribution in [2.45, 2.75) is 53.6 Å². The molecule has 2 aliphatic rings. The van der Waals surface area contributed by atoms with E-state index in [4.69, 9.17) is 0 Å². The molecule has 2 rings (SSSR count).